The number of hydrogen-bond acceptors (Lipinski definition) is 4. The number of nitrogens with one attached hydrogen (secondary N) is 1. The maximum atomic E-state index is 12.4. The number of anilines is 1. The van der Waals surface area contributed by atoms with Crippen LogP contribution in [0.2, 0.25) is 0 Å². The number of fused-ring (bicyclic) bond motifs is 1. The Labute approximate surface area is 134 Å². The Morgan fingerprint density at radius 1 is 1.17 bits per heavy atom. The number of para-hydroxylation sites is 1. The second-order valence-corrected chi connectivity index (χ2v) is 5.83. The average Bonchev–Trinajstić information content (AvgIpc) is 2.94. The molecule has 23 heavy (non-hydrogen) atoms. The van der Waals surface area contributed by atoms with Gasteiger partial charge in [-0.2, -0.15) is 13.2 Å². The van der Waals surface area contributed by atoms with Crippen LogP contribution in [0.15, 0.2) is 53.8 Å². The molecule has 0 bridgehead atoms. The van der Waals surface area contributed by atoms with Gasteiger partial charge in [-0.3, -0.25) is 4.40 Å². The maximum absolute atomic E-state index is 12.4. The SMILES string of the molecule is FC(F)(F)CSc1ccccc1NCc1cn2cccnc2n1. The predicted molar refractivity (Wildman–Crippen MR) is 83.5 cm³/mol. The van der Waals surface area contributed by atoms with Crippen LogP contribution < -0.4 is 5.32 Å². The number of nitrogens with zero attached hydrogens (tertiary/aromatic N) is 3. The summed E-state index contributed by atoms with van der Waals surface area (Å²) >= 11 is 0.769. The second-order valence-electron chi connectivity index (χ2n) is 4.81. The number of halogens is 3. The minimum atomic E-state index is -4.19. The Balaban J connectivity index is 1.70. The molecule has 0 saturated carbocycles. The molecule has 3 aromatic rings. The van der Waals surface area contributed by atoms with Crippen LogP contribution in [-0.2, 0) is 6.54 Å². The summed E-state index contributed by atoms with van der Waals surface area (Å²) < 4.78 is 38.9. The van der Waals surface area contributed by atoms with Crippen molar-refractivity contribution in [3.05, 3.63) is 54.6 Å². The van der Waals surface area contributed by atoms with E-state index >= 15 is 0 Å². The molecule has 0 amide bonds. The van der Waals surface area contributed by atoms with E-state index in [1.807, 2.05) is 12.4 Å². The number of imidazole rings is 1. The van der Waals surface area contributed by atoms with Gasteiger partial charge in [-0.05, 0) is 18.2 Å². The molecular formula is C15H13F3N4S. The van der Waals surface area contributed by atoms with Gasteiger partial charge in [0, 0.05) is 29.2 Å². The molecule has 0 atom stereocenters. The molecule has 0 unspecified atom stereocenters. The van der Waals surface area contributed by atoms with E-state index in [1.54, 1.807) is 40.9 Å². The Hall–Kier alpha value is -2.22. The van der Waals surface area contributed by atoms with Crippen LogP contribution >= 0.6 is 11.8 Å². The molecule has 0 spiro atoms. The van der Waals surface area contributed by atoms with E-state index in [-0.39, 0.29) is 0 Å². The largest absolute Gasteiger partial charge is 0.398 e. The zero-order valence-electron chi connectivity index (χ0n) is 11.9. The Morgan fingerprint density at radius 3 is 2.78 bits per heavy atom. The van der Waals surface area contributed by atoms with Gasteiger partial charge in [0.15, 0.2) is 0 Å². The van der Waals surface area contributed by atoms with Crippen molar-refractivity contribution in [2.24, 2.45) is 0 Å². The number of benzene rings is 1. The summed E-state index contributed by atoms with van der Waals surface area (Å²) in [6, 6.07) is 8.73. The normalized spacial score (nSPS) is 11.8. The van der Waals surface area contributed by atoms with E-state index in [9.17, 15) is 13.2 Å². The molecule has 0 radical (unpaired) electrons. The first kappa shape index (κ1) is 15.7. The lowest BCUT2D eigenvalue weighted by Crippen LogP contribution is -2.11. The number of hydrogen-bond donors (Lipinski definition) is 1. The van der Waals surface area contributed by atoms with Crippen molar-refractivity contribution < 1.29 is 13.2 Å². The molecule has 0 aliphatic heterocycles. The van der Waals surface area contributed by atoms with Crippen LogP contribution in [0, 0.1) is 0 Å². The van der Waals surface area contributed by atoms with Gasteiger partial charge in [0.2, 0.25) is 5.78 Å². The lowest BCUT2D eigenvalue weighted by Gasteiger charge is -2.11. The van der Waals surface area contributed by atoms with Gasteiger partial charge < -0.3 is 5.32 Å². The van der Waals surface area contributed by atoms with Crippen LogP contribution in [0.3, 0.4) is 0 Å². The smallest absolute Gasteiger partial charge is 0.378 e. The van der Waals surface area contributed by atoms with Crippen molar-refractivity contribution in [2.75, 3.05) is 11.1 Å². The zero-order valence-corrected chi connectivity index (χ0v) is 12.7. The van der Waals surface area contributed by atoms with Crippen molar-refractivity contribution >= 4 is 23.2 Å². The van der Waals surface area contributed by atoms with E-state index < -0.39 is 11.9 Å². The van der Waals surface area contributed by atoms with Crippen molar-refractivity contribution in [1.29, 1.82) is 0 Å². The van der Waals surface area contributed by atoms with Crippen LogP contribution in [-0.4, -0.2) is 26.3 Å². The van der Waals surface area contributed by atoms with Gasteiger partial charge in [-0.15, -0.1) is 11.8 Å². The van der Waals surface area contributed by atoms with Gasteiger partial charge in [-0.1, -0.05) is 12.1 Å². The van der Waals surface area contributed by atoms with Crippen LogP contribution in [0.4, 0.5) is 18.9 Å². The van der Waals surface area contributed by atoms with Crippen LogP contribution in [0.5, 0.6) is 0 Å². The quantitative estimate of drug-likeness (QED) is 0.714. The minimum Gasteiger partial charge on any atom is -0.378 e. The molecule has 0 aliphatic carbocycles. The Morgan fingerprint density at radius 2 is 2.00 bits per heavy atom. The number of aromatic nitrogens is 3. The summed E-state index contributed by atoms with van der Waals surface area (Å²) in [7, 11) is 0. The highest BCUT2D eigenvalue weighted by Crippen LogP contribution is 2.32. The fraction of sp³-hybridized carbons (Fsp3) is 0.200. The van der Waals surface area contributed by atoms with Crippen molar-refractivity contribution in [1.82, 2.24) is 14.4 Å². The molecule has 2 heterocycles. The third kappa shape index (κ3) is 4.16. The van der Waals surface area contributed by atoms with Crippen LogP contribution in [0.1, 0.15) is 5.69 Å². The third-order valence-corrected chi connectivity index (χ3v) is 4.16. The maximum Gasteiger partial charge on any atom is 0.398 e. The topological polar surface area (TPSA) is 42.2 Å². The van der Waals surface area contributed by atoms with E-state index in [2.05, 4.69) is 15.3 Å². The highest BCUT2D eigenvalue weighted by molar-refractivity contribution is 7.99. The fourth-order valence-corrected chi connectivity index (χ4v) is 2.84. The van der Waals surface area contributed by atoms with Crippen molar-refractivity contribution in [2.45, 2.75) is 17.6 Å². The zero-order chi connectivity index (χ0) is 16.3. The summed E-state index contributed by atoms with van der Waals surface area (Å²) in [6.45, 7) is 0.410. The van der Waals surface area contributed by atoms with Gasteiger partial charge in [-0.25, -0.2) is 9.97 Å². The molecule has 1 aromatic carbocycles. The first-order valence-electron chi connectivity index (χ1n) is 6.82. The number of rotatable bonds is 5. The number of alkyl halides is 3. The Bertz CT molecular complexity index is 768. The van der Waals surface area contributed by atoms with Gasteiger partial charge in [0.1, 0.15) is 0 Å². The van der Waals surface area contributed by atoms with E-state index in [1.165, 1.54) is 0 Å². The molecule has 8 heteroatoms. The highest BCUT2D eigenvalue weighted by Gasteiger charge is 2.27. The summed E-state index contributed by atoms with van der Waals surface area (Å²) in [5.74, 6) is -0.326. The molecule has 2 aromatic heterocycles. The van der Waals surface area contributed by atoms with Gasteiger partial charge >= 0.3 is 6.18 Å². The predicted octanol–water partition coefficient (Wildman–Crippen LogP) is 4.00. The van der Waals surface area contributed by atoms with E-state index in [4.69, 9.17) is 0 Å². The average molecular weight is 338 g/mol. The molecule has 0 saturated heterocycles. The summed E-state index contributed by atoms with van der Waals surface area (Å²) in [4.78, 5) is 9.03. The molecule has 4 nitrogen and oxygen atoms in total. The van der Waals surface area contributed by atoms with Gasteiger partial charge in [0.25, 0.3) is 0 Å². The second kappa shape index (κ2) is 6.49. The first-order valence-corrected chi connectivity index (χ1v) is 7.81. The molecule has 120 valence electrons. The molecule has 0 aliphatic rings. The molecule has 1 N–H and O–H groups in total. The van der Waals surface area contributed by atoms with Gasteiger partial charge in [0.05, 0.1) is 18.0 Å². The van der Waals surface area contributed by atoms with E-state index in [0.717, 1.165) is 17.5 Å². The lowest BCUT2D eigenvalue weighted by molar-refractivity contribution is -0.105. The van der Waals surface area contributed by atoms with Crippen LogP contribution in [0.25, 0.3) is 5.78 Å². The molecule has 3 rings (SSSR count). The number of thioether (sulfide) groups is 1. The summed E-state index contributed by atoms with van der Waals surface area (Å²) in [6.07, 6.45) is 1.14. The van der Waals surface area contributed by atoms with Crippen molar-refractivity contribution in [3.63, 3.8) is 0 Å². The summed E-state index contributed by atoms with van der Waals surface area (Å²) in [5, 5.41) is 3.13. The first-order chi connectivity index (χ1) is 11.0. The Kier molecular flexibility index (Phi) is 4.42. The molecule has 0 fully saturated rings. The standard InChI is InChI=1S/C15H13F3N4S/c16-15(17,18)10-23-13-5-2-1-4-12(13)20-8-11-9-22-7-3-6-19-14(22)21-11/h1-7,9,20H,8,10H2. The highest BCUT2D eigenvalue weighted by atomic mass is 32.2. The fourth-order valence-electron chi connectivity index (χ4n) is 2.05. The molecular weight excluding hydrogens is 325 g/mol. The van der Waals surface area contributed by atoms with E-state index in [0.29, 0.717) is 22.9 Å². The summed E-state index contributed by atoms with van der Waals surface area (Å²) in [5.41, 5.74) is 1.42. The lowest BCUT2D eigenvalue weighted by atomic mass is 10.3. The third-order valence-electron chi connectivity index (χ3n) is 3.02. The minimum absolute atomic E-state index is 0.410. The monoisotopic (exact) mass is 338 g/mol. The van der Waals surface area contributed by atoms with Crippen molar-refractivity contribution in [3.8, 4) is 0 Å².